The van der Waals surface area contributed by atoms with Gasteiger partial charge in [-0.2, -0.15) is 4.31 Å². The minimum absolute atomic E-state index is 0.135. The molecule has 3 aromatic rings. The molecule has 172 valence electrons. The molecule has 4 rings (SSSR count). The van der Waals surface area contributed by atoms with Gasteiger partial charge in [-0.05, 0) is 38.5 Å². The lowest BCUT2D eigenvalue weighted by Crippen LogP contribution is -2.46. The molecular weight excluding hydrogens is 434 g/mol. The van der Waals surface area contributed by atoms with Gasteiger partial charge in [0.25, 0.3) is 5.56 Å². The number of piperazine rings is 1. The first-order chi connectivity index (χ1) is 15.4. The molecule has 0 atom stereocenters. The number of rotatable bonds is 7. The summed E-state index contributed by atoms with van der Waals surface area (Å²) in [6.45, 7) is 8.05. The predicted molar refractivity (Wildman–Crippen MR) is 121 cm³/mol. The van der Waals surface area contributed by atoms with Crippen LogP contribution in [0.5, 0.6) is 5.75 Å². The first kappa shape index (κ1) is 22.4. The number of hydrogen-bond acceptors (Lipinski definition) is 7. The highest BCUT2D eigenvalue weighted by Gasteiger charge is 2.27. The Morgan fingerprint density at radius 2 is 1.97 bits per heavy atom. The number of fused-ring (bicyclic) bond motifs is 1. The molecule has 1 saturated heterocycles. The number of benzene rings is 1. The molecule has 0 spiro atoms. The maximum Gasteiger partial charge on any atom is 0.277 e. The molecule has 1 aliphatic rings. The quantitative estimate of drug-likeness (QED) is 0.543. The summed E-state index contributed by atoms with van der Waals surface area (Å²) in [5.74, 6) is 1.37. The van der Waals surface area contributed by atoms with Gasteiger partial charge in [-0.1, -0.05) is 6.92 Å². The van der Waals surface area contributed by atoms with Crippen LogP contribution in [0, 0.1) is 6.92 Å². The molecule has 1 aromatic carbocycles. The zero-order chi connectivity index (χ0) is 22.9. The van der Waals surface area contributed by atoms with E-state index in [1.54, 1.807) is 17.5 Å². The number of hydrogen-bond donors (Lipinski definition) is 2. The topological polar surface area (TPSA) is 122 Å². The molecule has 0 saturated carbocycles. The largest absolute Gasteiger partial charge is 0.493 e. The lowest BCUT2D eigenvalue weighted by atomic mass is 10.3. The number of sulfonamides is 1. The van der Waals surface area contributed by atoms with Crippen molar-refractivity contribution in [3.05, 3.63) is 40.1 Å². The second-order valence-electron chi connectivity index (χ2n) is 7.67. The monoisotopic (exact) mass is 462 g/mol. The molecule has 0 aliphatic carbocycles. The minimum atomic E-state index is -3.69. The van der Waals surface area contributed by atoms with Crippen LogP contribution >= 0.6 is 0 Å². The van der Waals surface area contributed by atoms with E-state index in [2.05, 4.69) is 20.4 Å². The maximum absolute atomic E-state index is 13.2. The Bertz CT molecular complexity index is 1290. The van der Waals surface area contributed by atoms with E-state index in [-0.39, 0.29) is 16.3 Å². The van der Waals surface area contributed by atoms with Gasteiger partial charge >= 0.3 is 0 Å². The first-order valence-corrected chi connectivity index (χ1v) is 12.3. The lowest BCUT2D eigenvalue weighted by Gasteiger charge is -2.26. The predicted octanol–water partition coefficient (Wildman–Crippen LogP) is 1.34. The summed E-state index contributed by atoms with van der Waals surface area (Å²) in [4.78, 5) is 20.3. The van der Waals surface area contributed by atoms with E-state index in [4.69, 9.17) is 4.74 Å². The Balaban J connectivity index is 1.88. The molecule has 0 unspecified atom stereocenters. The Hall–Kier alpha value is -2.76. The molecule has 3 heterocycles. The molecule has 2 N–H and O–H groups in total. The zero-order valence-electron chi connectivity index (χ0n) is 18.5. The van der Waals surface area contributed by atoms with Gasteiger partial charge in [-0.25, -0.2) is 17.9 Å². The summed E-state index contributed by atoms with van der Waals surface area (Å²) in [6.07, 6.45) is 1.52. The summed E-state index contributed by atoms with van der Waals surface area (Å²) in [6, 6.07) is 4.67. The summed E-state index contributed by atoms with van der Waals surface area (Å²) in [5.41, 5.74) is 1.07. The van der Waals surface area contributed by atoms with E-state index < -0.39 is 10.0 Å². The third-order valence-corrected chi connectivity index (χ3v) is 7.33. The third-order valence-electron chi connectivity index (χ3n) is 5.44. The number of nitrogens with one attached hydrogen (secondary N) is 2. The number of aromatic amines is 1. The van der Waals surface area contributed by atoms with Crippen LogP contribution in [0.1, 0.15) is 31.8 Å². The molecule has 2 aromatic heterocycles. The van der Waals surface area contributed by atoms with Crippen molar-refractivity contribution in [3.63, 3.8) is 0 Å². The Morgan fingerprint density at radius 3 is 2.66 bits per heavy atom. The van der Waals surface area contributed by atoms with Crippen molar-refractivity contribution in [1.29, 1.82) is 0 Å². The van der Waals surface area contributed by atoms with Gasteiger partial charge < -0.3 is 15.0 Å². The van der Waals surface area contributed by atoms with Gasteiger partial charge in [0.1, 0.15) is 11.6 Å². The second-order valence-corrected chi connectivity index (χ2v) is 9.61. The fourth-order valence-corrected chi connectivity index (χ4v) is 5.38. The number of aryl methyl sites for hydroxylation is 2. The number of imidazole rings is 1. The van der Waals surface area contributed by atoms with Crippen molar-refractivity contribution >= 4 is 15.5 Å². The van der Waals surface area contributed by atoms with Crippen LogP contribution in [0.3, 0.4) is 0 Å². The maximum atomic E-state index is 13.2. The van der Waals surface area contributed by atoms with Crippen LogP contribution in [-0.4, -0.2) is 65.1 Å². The van der Waals surface area contributed by atoms with Crippen LogP contribution < -0.4 is 15.6 Å². The van der Waals surface area contributed by atoms with E-state index in [9.17, 15) is 13.2 Å². The summed E-state index contributed by atoms with van der Waals surface area (Å²) < 4.78 is 35.2. The molecule has 11 heteroatoms. The van der Waals surface area contributed by atoms with Crippen LogP contribution in [-0.2, 0) is 16.4 Å². The van der Waals surface area contributed by atoms with Gasteiger partial charge in [0.15, 0.2) is 11.3 Å². The van der Waals surface area contributed by atoms with Crippen LogP contribution in [0.15, 0.2) is 27.9 Å². The van der Waals surface area contributed by atoms with Gasteiger partial charge in [0.2, 0.25) is 10.0 Å². The van der Waals surface area contributed by atoms with Gasteiger partial charge in [-0.3, -0.25) is 4.79 Å². The molecule has 1 aliphatic heterocycles. The fraction of sp³-hybridized carbons (Fsp3) is 0.476. The van der Waals surface area contributed by atoms with Gasteiger partial charge in [0.05, 0.1) is 22.8 Å². The van der Waals surface area contributed by atoms with E-state index in [0.717, 1.165) is 6.42 Å². The number of aromatic nitrogens is 4. The van der Waals surface area contributed by atoms with Crippen LogP contribution in [0.25, 0.3) is 16.9 Å². The Labute approximate surface area is 186 Å². The third kappa shape index (κ3) is 4.03. The van der Waals surface area contributed by atoms with Crippen LogP contribution in [0.2, 0.25) is 0 Å². The summed E-state index contributed by atoms with van der Waals surface area (Å²) in [7, 11) is -3.69. The molecule has 32 heavy (non-hydrogen) atoms. The van der Waals surface area contributed by atoms with Crippen molar-refractivity contribution in [2.45, 2.75) is 38.5 Å². The second kappa shape index (κ2) is 9.00. The standard InChI is InChI=1S/C21H28N6O4S/c1-4-6-18-23-14(3)19-21(28)24-20(25-27(18)19)16-13-15(7-8-17(16)31-5-2)32(29,30)26-11-9-22-10-12-26/h7-8,13,22H,4-6,9-12H2,1-3H3,(H,24,25,28)/i20+2. The normalized spacial score (nSPS) is 15.3. The highest BCUT2D eigenvalue weighted by atomic mass is 32.2. The van der Waals surface area contributed by atoms with Gasteiger partial charge in [0, 0.05) is 32.6 Å². The Morgan fingerprint density at radius 1 is 1.22 bits per heavy atom. The van der Waals surface area contributed by atoms with Crippen molar-refractivity contribution in [2.75, 3.05) is 32.8 Å². The first-order valence-electron chi connectivity index (χ1n) is 10.8. The molecule has 0 amide bonds. The molecule has 0 bridgehead atoms. The van der Waals surface area contributed by atoms with Crippen molar-refractivity contribution < 1.29 is 13.2 Å². The van der Waals surface area contributed by atoms with E-state index in [0.29, 0.717) is 67.6 Å². The molecule has 0 radical (unpaired) electrons. The van der Waals surface area contributed by atoms with Crippen molar-refractivity contribution in [3.8, 4) is 17.1 Å². The molecular formula is C21H28N6O4S. The average molecular weight is 463 g/mol. The molecule has 1 fully saturated rings. The van der Waals surface area contributed by atoms with Crippen LogP contribution in [0.4, 0.5) is 0 Å². The smallest absolute Gasteiger partial charge is 0.277 e. The number of H-pyrrole nitrogens is 1. The fourth-order valence-electron chi connectivity index (χ4n) is 3.91. The van der Waals surface area contributed by atoms with E-state index in [1.807, 2.05) is 13.8 Å². The zero-order valence-corrected chi connectivity index (χ0v) is 19.3. The summed E-state index contributed by atoms with van der Waals surface area (Å²) in [5, 5.41) is 7.78. The highest BCUT2D eigenvalue weighted by Crippen LogP contribution is 2.31. The summed E-state index contributed by atoms with van der Waals surface area (Å²) >= 11 is 0. The van der Waals surface area contributed by atoms with E-state index in [1.165, 1.54) is 16.4 Å². The van der Waals surface area contributed by atoms with E-state index >= 15 is 0 Å². The van der Waals surface area contributed by atoms with Crippen molar-refractivity contribution in [1.82, 2.24) is 29.2 Å². The molecule has 10 nitrogen and oxygen atoms in total. The highest BCUT2D eigenvalue weighted by molar-refractivity contribution is 7.89. The lowest BCUT2D eigenvalue weighted by molar-refractivity contribution is 0.341. The van der Waals surface area contributed by atoms with Crippen molar-refractivity contribution in [2.24, 2.45) is 0 Å². The Kier molecular flexibility index (Phi) is 6.31. The average Bonchev–Trinajstić information content (AvgIpc) is 3.10. The number of nitrogens with zero attached hydrogens (tertiary/aromatic N) is 4. The SMILES string of the molecule is CCCc1nc(C)c2c(=O)[nH][14c](-c3cc(S(=O)(=O)N4CCNCC4)ccc3OCC)nn12. The van der Waals surface area contributed by atoms with Gasteiger partial charge in [-0.15, -0.1) is 5.10 Å². The minimum Gasteiger partial charge on any atom is -0.493 e. The number of ether oxygens (including phenoxy) is 1.